The van der Waals surface area contributed by atoms with Crippen LogP contribution in [-0.2, 0) is 0 Å². The van der Waals surface area contributed by atoms with Gasteiger partial charge in [-0.3, -0.25) is 0 Å². The third kappa shape index (κ3) is 2.94. The van der Waals surface area contributed by atoms with Crippen LogP contribution in [-0.4, -0.2) is 35.1 Å². The number of aliphatic hydroxyl groups is 3. The number of benzene rings is 2. The summed E-state index contributed by atoms with van der Waals surface area (Å²) in [7, 11) is 0. The van der Waals surface area contributed by atoms with Crippen LogP contribution in [0.4, 0.5) is 0 Å². The topological polar surface area (TPSA) is 79.2 Å². The van der Waals surface area contributed by atoms with E-state index in [4.69, 9.17) is 9.47 Å². The molecule has 2 aromatic rings. The molecule has 0 radical (unpaired) electrons. The Labute approximate surface area is 157 Å². The highest BCUT2D eigenvalue weighted by atomic mass is 16.5. The molecule has 2 aliphatic rings. The average Bonchev–Trinajstić information content (AvgIpc) is 2.66. The molecule has 0 atom stereocenters. The molecule has 4 rings (SSSR count). The Morgan fingerprint density at radius 1 is 0.815 bits per heavy atom. The van der Waals surface area contributed by atoms with Gasteiger partial charge in [0, 0.05) is 17.1 Å². The number of fused-ring (bicyclic) bond motifs is 2. The van der Waals surface area contributed by atoms with Crippen LogP contribution in [0.2, 0.25) is 0 Å². The molecule has 0 unspecified atom stereocenters. The van der Waals surface area contributed by atoms with Crippen molar-refractivity contribution in [3.05, 3.63) is 69.8 Å². The van der Waals surface area contributed by atoms with E-state index in [-0.39, 0.29) is 31.3 Å². The van der Waals surface area contributed by atoms with Crippen molar-refractivity contribution in [2.75, 3.05) is 19.8 Å². The van der Waals surface area contributed by atoms with Gasteiger partial charge in [-0.25, -0.2) is 0 Å². The predicted octanol–water partition coefficient (Wildman–Crippen LogP) is 3.94. The summed E-state index contributed by atoms with van der Waals surface area (Å²) in [5.41, 5.74) is 4.27. The van der Waals surface area contributed by atoms with Crippen LogP contribution < -0.4 is 9.47 Å². The molecule has 5 nitrogen and oxygen atoms in total. The fourth-order valence-corrected chi connectivity index (χ4v) is 3.67. The fourth-order valence-electron chi connectivity index (χ4n) is 3.67. The third-order valence-corrected chi connectivity index (χ3v) is 5.18. The smallest absolute Gasteiger partial charge is 0.130 e. The minimum Gasteiger partial charge on any atom is -0.507 e. The van der Waals surface area contributed by atoms with Gasteiger partial charge in [0.1, 0.15) is 36.2 Å². The van der Waals surface area contributed by atoms with E-state index in [2.05, 4.69) is 0 Å². The number of rotatable bonds is 3. The Hall–Kier alpha value is -2.92. The SMILES string of the molecule is Cc1ccc2c(c1)C(O)=C(C(CO)C1=C(O)c3cc(C)ccc3OC1)CO2. The minimum atomic E-state index is -0.590. The summed E-state index contributed by atoms with van der Waals surface area (Å²) in [5.74, 6) is 0.811. The lowest BCUT2D eigenvalue weighted by molar-refractivity contribution is 0.225. The van der Waals surface area contributed by atoms with E-state index in [1.807, 2.05) is 50.2 Å². The van der Waals surface area contributed by atoms with Gasteiger partial charge in [0.25, 0.3) is 0 Å². The first-order chi connectivity index (χ1) is 13.0. The van der Waals surface area contributed by atoms with E-state index < -0.39 is 5.92 Å². The van der Waals surface area contributed by atoms with Crippen LogP contribution in [0, 0.1) is 19.8 Å². The molecule has 0 aliphatic carbocycles. The zero-order valence-electron chi connectivity index (χ0n) is 15.3. The Balaban J connectivity index is 1.81. The van der Waals surface area contributed by atoms with E-state index in [0.717, 1.165) is 11.1 Å². The summed E-state index contributed by atoms with van der Waals surface area (Å²) < 4.78 is 11.6. The Morgan fingerprint density at radius 2 is 1.26 bits per heavy atom. The zero-order valence-corrected chi connectivity index (χ0v) is 15.3. The molecular weight excluding hydrogens is 344 g/mol. The summed E-state index contributed by atoms with van der Waals surface area (Å²) in [4.78, 5) is 0. The van der Waals surface area contributed by atoms with Gasteiger partial charge in [0.2, 0.25) is 0 Å². The highest BCUT2D eigenvalue weighted by molar-refractivity contribution is 5.74. The molecule has 3 N–H and O–H groups in total. The third-order valence-electron chi connectivity index (χ3n) is 5.18. The van der Waals surface area contributed by atoms with Crippen LogP contribution in [0.15, 0.2) is 47.5 Å². The van der Waals surface area contributed by atoms with E-state index in [9.17, 15) is 15.3 Å². The van der Waals surface area contributed by atoms with Gasteiger partial charge in [-0.2, -0.15) is 0 Å². The lowest BCUT2D eigenvalue weighted by Crippen LogP contribution is -2.27. The van der Waals surface area contributed by atoms with Gasteiger partial charge in [-0.1, -0.05) is 23.3 Å². The molecule has 2 heterocycles. The number of ether oxygens (including phenoxy) is 2. The molecule has 0 amide bonds. The molecule has 0 aromatic heterocycles. The first kappa shape index (κ1) is 17.5. The van der Waals surface area contributed by atoms with Gasteiger partial charge in [-0.15, -0.1) is 0 Å². The highest BCUT2D eigenvalue weighted by Gasteiger charge is 2.32. The van der Waals surface area contributed by atoms with Crippen LogP contribution in [0.25, 0.3) is 11.5 Å². The van der Waals surface area contributed by atoms with Crippen molar-refractivity contribution in [3.8, 4) is 11.5 Å². The second-order valence-corrected chi connectivity index (χ2v) is 7.06. The van der Waals surface area contributed by atoms with Crippen LogP contribution >= 0.6 is 0 Å². The quantitative estimate of drug-likeness (QED) is 0.767. The summed E-state index contributed by atoms with van der Waals surface area (Å²) in [5, 5.41) is 31.8. The molecule has 0 saturated carbocycles. The van der Waals surface area contributed by atoms with Crippen LogP contribution in [0.5, 0.6) is 11.5 Å². The molecule has 2 aromatic carbocycles. The number of hydrogen-bond acceptors (Lipinski definition) is 5. The minimum absolute atomic E-state index is 0.0920. The monoisotopic (exact) mass is 366 g/mol. The maximum Gasteiger partial charge on any atom is 0.130 e. The van der Waals surface area contributed by atoms with Gasteiger partial charge in [0.15, 0.2) is 0 Å². The van der Waals surface area contributed by atoms with Gasteiger partial charge >= 0.3 is 0 Å². The Kier molecular flexibility index (Phi) is 4.32. The number of aliphatic hydroxyl groups excluding tert-OH is 3. The standard InChI is InChI=1S/C22H22O5/c1-12-3-5-19-14(7-12)21(24)17(10-26-19)16(9-23)18-11-27-20-6-4-13(2)8-15(20)22(18)25/h3-8,16,23-25H,9-11H2,1-2H3. The van der Waals surface area contributed by atoms with Crippen molar-refractivity contribution in [2.24, 2.45) is 5.92 Å². The van der Waals surface area contributed by atoms with E-state index >= 15 is 0 Å². The largest absolute Gasteiger partial charge is 0.507 e. The number of aryl methyl sites for hydroxylation is 2. The molecule has 0 bridgehead atoms. The number of hydrogen-bond donors (Lipinski definition) is 3. The molecule has 140 valence electrons. The van der Waals surface area contributed by atoms with Crippen LogP contribution in [0.3, 0.4) is 0 Å². The van der Waals surface area contributed by atoms with Crippen molar-refractivity contribution in [3.63, 3.8) is 0 Å². The molecule has 0 spiro atoms. The molecule has 27 heavy (non-hydrogen) atoms. The van der Waals surface area contributed by atoms with Gasteiger partial charge in [-0.05, 0) is 38.1 Å². The summed E-state index contributed by atoms with van der Waals surface area (Å²) in [6.45, 7) is 3.89. The van der Waals surface area contributed by atoms with Crippen molar-refractivity contribution >= 4 is 11.5 Å². The molecule has 2 aliphatic heterocycles. The van der Waals surface area contributed by atoms with Crippen molar-refractivity contribution in [1.82, 2.24) is 0 Å². The lowest BCUT2D eigenvalue weighted by atomic mass is 9.85. The summed E-state index contributed by atoms with van der Waals surface area (Å²) in [6, 6.07) is 11.2. The Bertz CT molecular complexity index is 893. The van der Waals surface area contributed by atoms with E-state index in [1.165, 1.54) is 0 Å². The fraction of sp³-hybridized carbons (Fsp3) is 0.273. The normalized spacial score (nSPS) is 16.0. The second kappa shape index (κ2) is 6.67. The summed E-state index contributed by atoms with van der Waals surface area (Å²) >= 11 is 0. The average molecular weight is 366 g/mol. The maximum absolute atomic E-state index is 10.8. The van der Waals surface area contributed by atoms with Crippen molar-refractivity contribution < 1.29 is 24.8 Å². The van der Waals surface area contributed by atoms with Crippen molar-refractivity contribution in [1.29, 1.82) is 0 Å². The van der Waals surface area contributed by atoms with Gasteiger partial charge in [0.05, 0.1) is 17.7 Å². The zero-order chi connectivity index (χ0) is 19.1. The Morgan fingerprint density at radius 3 is 1.67 bits per heavy atom. The first-order valence-corrected chi connectivity index (χ1v) is 8.92. The molecule has 0 saturated heterocycles. The van der Waals surface area contributed by atoms with Crippen LogP contribution in [0.1, 0.15) is 22.3 Å². The van der Waals surface area contributed by atoms with Gasteiger partial charge < -0.3 is 24.8 Å². The van der Waals surface area contributed by atoms with E-state index in [0.29, 0.717) is 33.8 Å². The lowest BCUT2D eigenvalue weighted by Gasteiger charge is -2.30. The van der Waals surface area contributed by atoms with E-state index in [1.54, 1.807) is 0 Å². The summed E-state index contributed by atoms with van der Waals surface area (Å²) in [6.07, 6.45) is 0. The first-order valence-electron chi connectivity index (χ1n) is 8.92. The molecule has 5 heteroatoms. The second-order valence-electron chi connectivity index (χ2n) is 7.06. The predicted molar refractivity (Wildman–Crippen MR) is 103 cm³/mol. The maximum atomic E-state index is 10.8. The molecule has 0 fully saturated rings. The molecular formula is C22H22O5. The highest BCUT2D eigenvalue weighted by Crippen LogP contribution is 2.41. The van der Waals surface area contributed by atoms with Crippen molar-refractivity contribution in [2.45, 2.75) is 13.8 Å².